The van der Waals surface area contributed by atoms with Crippen LogP contribution in [-0.2, 0) is 17.6 Å². The van der Waals surface area contributed by atoms with Gasteiger partial charge in [0.05, 0.1) is 0 Å². The van der Waals surface area contributed by atoms with E-state index >= 15 is 0 Å². The molecule has 34 heavy (non-hydrogen) atoms. The molecule has 6 nitrogen and oxygen atoms in total. The number of benzene rings is 3. The zero-order valence-corrected chi connectivity index (χ0v) is 19.6. The van der Waals surface area contributed by atoms with Gasteiger partial charge in [-0.3, -0.25) is 4.79 Å². The van der Waals surface area contributed by atoms with E-state index in [-0.39, 0.29) is 24.0 Å². The minimum absolute atomic E-state index is 0.0257. The molecule has 1 aliphatic rings. The van der Waals surface area contributed by atoms with Crippen LogP contribution in [0.2, 0.25) is 0 Å². The summed E-state index contributed by atoms with van der Waals surface area (Å²) in [6, 6.07) is 23.9. The first-order chi connectivity index (χ1) is 16.3. The lowest BCUT2D eigenvalue weighted by Gasteiger charge is -2.38. The maximum atomic E-state index is 12.2. The van der Waals surface area contributed by atoms with Crippen molar-refractivity contribution in [3.8, 4) is 11.1 Å². The quantitative estimate of drug-likeness (QED) is 0.490. The van der Waals surface area contributed by atoms with E-state index in [4.69, 9.17) is 5.73 Å². The SMILES string of the molecule is CC(=O)N1c2ccc(-c3ccc(CC(Cc4ccccc4)NC(=O)O)cc3)cc2[C@H](N)C[C@@H]1C. The Hall–Kier alpha value is -3.64. The second-order valence-electron chi connectivity index (χ2n) is 9.09. The summed E-state index contributed by atoms with van der Waals surface area (Å²) < 4.78 is 0. The third-order valence-electron chi connectivity index (χ3n) is 6.48. The van der Waals surface area contributed by atoms with Crippen molar-refractivity contribution in [2.45, 2.75) is 51.2 Å². The molecule has 3 aromatic rings. The molecule has 0 bridgehead atoms. The second kappa shape index (κ2) is 10.1. The first-order valence-corrected chi connectivity index (χ1v) is 11.6. The van der Waals surface area contributed by atoms with E-state index in [1.165, 1.54) is 0 Å². The third-order valence-corrected chi connectivity index (χ3v) is 6.48. The fourth-order valence-corrected chi connectivity index (χ4v) is 4.93. The summed E-state index contributed by atoms with van der Waals surface area (Å²) in [6.45, 7) is 3.62. The van der Waals surface area contributed by atoms with Crippen molar-refractivity contribution in [3.05, 3.63) is 89.5 Å². The molecule has 4 N–H and O–H groups in total. The number of nitrogens with zero attached hydrogens (tertiary/aromatic N) is 1. The number of anilines is 1. The Morgan fingerprint density at radius 3 is 2.24 bits per heavy atom. The lowest BCUT2D eigenvalue weighted by Crippen LogP contribution is -2.43. The van der Waals surface area contributed by atoms with Crippen molar-refractivity contribution in [2.24, 2.45) is 5.73 Å². The highest BCUT2D eigenvalue weighted by Gasteiger charge is 2.30. The molecule has 0 saturated carbocycles. The maximum absolute atomic E-state index is 12.2. The molecular formula is C28H31N3O3. The zero-order valence-electron chi connectivity index (χ0n) is 19.6. The molecular weight excluding hydrogens is 426 g/mol. The van der Waals surface area contributed by atoms with Gasteiger partial charge in [0.25, 0.3) is 0 Å². The van der Waals surface area contributed by atoms with Gasteiger partial charge >= 0.3 is 6.09 Å². The average molecular weight is 458 g/mol. The normalized spacial score (nSPS) is 18.1. The van der Waals surface area contributed by atoms with Crippen molar-refractivity contribution in [3.63, 3.8) is 0 Å². The zero-order chi connectivity index (χ0) is 24.2. The van der Waals surface area contributed by atoms with E-state index in [2.05, 4.69) is 23.5 Å². The minimum Gasteiger partial charge on any atom is -0.465 e. The van der Waals surface area contributed by atoms with Crippen molar-refractivity contribution < 1.29 is 14.7 Å². The Bertz CT molecular complexity index is 1160. The van der Waals surface area contributed by atoms with Gasteiger partial charge in [-0.2, -0.15) is 0 Å². The van der Waals surface area contributed by atoms with Crippen LogP contribution in [0.15, 0.2) is 72.8 Å². The molecule has 0 radical (unpaired) electrons. The van der Waals surface area contributed by atoms with E-state index < -0.39 is 6.09 Å². The number of amides is 2. The molecule has 1 unspecified atom stereocenters. The van der Waals surface area contributed by atoms with E-state index in [9.17, 15) is 14.7 Å². The Balaban J connectivity index is 1.53. The Morgan fingerprint density at radius 2 is 1.62 bits per heavy atom. The molecule has 0 fully saturated rings. The first kappa shape index (κ1) is 23.5. The fourth-order valence-electron chi connectivity index (χ4n) is 4.93. The molecule has 0 aromatic heterocycles. The Morgan fingerprint density at radius 1 is 1.00 bits per heavy atom. The maximum Gasteiger partial charge on any atom is 0.404 e. The molecule has 176 valence electrons. The van der Waals surface area contributed by atoms with E-state index in [1.807, 2.05) is 66.4 Å². The standard InChI is InChI=1S/C28H31N3O3/c1-18-14-26(29)25-17-23(12-13-27(25)31(18)19(2)32)22-10-8-21(9-11-22)16-24(30-28(33)34)15-20-6-4-3-5-7-20/h3-13,17-18,24,26,30H,14-16,29H2,1-2H3,(H,33,34)/t18-,24?,26+/m0/s1. The number of rotatable bonds is 6. The number of carbonyl (C=O) groups is 2. The third kappa shape index (κ3) is 5.29. The van der Waals surface area contributed by atoms with Crippen LogP contribution in [0, 0.1) is 0 Å². The summed E-state index contributed by atoms with van der Waals surface area (Å²) in [7, 11) is 0. The number of hydrogen-bond acceptors (Lipinski definition) is 3. The number of carbonyl (C=O) groups excluding carboxylic acids is 1. The second-order valence-corrected chi connectivity index (χ2v) is 9.09. The molecule has 3 atom stereocenters. The van der Waals surface area contributed by atoms with E-state index in [1.54, 1.807) is 6.92 Å². The van der Waals surface area contributed by atoms with Crippen molar-refractivity contribution >= 4 is 17.7 Å². The summed E-state index contributed by atoms with van der Waals surface area (Å²) in [5.74, 6) is 0.0257. The molecule has 6 heteroatoms. The van der Waals surface area contributed by atoms with Gasteiger partial charge in [-0.25, -0.2) is 4.79 Å². The van der Waals surface area contributed by atoms with Gasteiger partial charge in [0, 0.05) is 30.7 Å². The predicted octanol–water partition coefficient (Wildman–Crippen LogP) is 4.92. The number of hydrogen-bond donors (Lipinski definition) is 3. The molecule has 0 spiro atoms. The van der Waals surface area contributed by atoms with Crippen LogP contribution in [0.25, 0.3) is 11.1 Å². The van der Waals surface area contributed by atoms with E-state index in [0.29, 0.717) is 12.8 Å². The molecule has 0 aliphatic carbocycles. The fraction of sp³-hybridized carbons (Fsp3) is 0.286. The van der Waals surface area contributed by atoms with Gasteiger partial charge in [-0.05, 0) is 66.1 Å². The van der Waals surface area contributed by atoms with Crippen molar-refractivity contribution in [1.29, 1.82) is 0 Å². The molecule has 3 aromatic carbocycles. The van der Waals surface area contributed by atoms with Gasteiger partial charge < -0.3 is 21.1 Å². The van der Waals surface area contributed by atoms with Gasteiger partial charge in [-0.1, -0.05) is 60.7 Å². The number of carboxylic acid groups (broad SMARTS) is 1. The van der Waals surface area contributed by atoms with Crippen LogP contribution in [0.1, 0.15) is 43.0 Å². The highest BCUT2D eigenvalue weighted by Crippen LogP contribution is 2.38. The highest BCUT2D eigenvalue weighted by molar-refractivity contribution is 5.94. The van der Waals surface area contributed by atoms with Gasteiger partial charge in [0.15, 0.2) is 0 Å². The summed E-state index contributed by atoms with van der Waals surface area (Å²) in [5.41, 5.74) is 12.6. The molecule has 4 rings (SSSR count). The summed E-state index contributed by atoms with van der Waals surface area (Å²) >= 11 is 0. The van der Waals surface area contributed by atoms with Crippen molar-refractivity contribution in [2.75, 3.05) is 4.90 Å². The van der Waals surface area contributed by atoms with Crippen LogP contribution in [-0.4, -0.2) is 29.2 Å². The topological polar surface area (TPSA) is 95.7 Å². The van der Waals surface area contributed by atoms with Crippen LogP contribution in [0.4, 0.5) is 10.5 Å². The summed E-state index contributed by atoms with van der Waals surface area (Å²) in [4.78, 5) is 25.3. The van der Waals surface area contributed by atoms with E-state index in [0.717, 1.165) is 39.9 Å². The smallest absolute Gasteiger partial charge is 0.404 e. The summed E-state index contributed by atoms with van der Waals surface area (Å²) in [5, 5.41) is 11.9. The first-order valence-electron chi connectivity index (χ1n) is 11.6. The largest absolute Gasteiger partial charge is 0.465 e. The number of fused-ring (bicyclic) bond motifs is 1. The van der Waals surface area contributed by atoms with Gasteiger partial charge in [-0.15, -0.1) is 0 Å². The number of nitrogens with one attached hydrogen (secondary N) is 1. The average Bonchev–Trinajstić information content (AvgIpc) is 2.79. The molecule has 1 aliphatic heterocycles. The van der Waals surface area contributed by atoms with Crippen LogP contribution in [0.5, 0.6) is 0 Å². The van der Waals surface area contributed by atoms with Crippen LogP contribution in [0.3, 0.4) is 0 Å². The molecule has 2 amide bonds. The van der Waals surface area contributed by atoms with Gasteiger partial charge in [0.1, 0.15) is 0 Å². The Kier molecular flexibility index (Phi) is 6.98. The lowest BCUT2D eigenvalue weighted by atomic mass is 9.89. The monoisotopic (exact) mass is 457 g/mol. The lowest BCUT2D eigenvalue weighted by molar-refractivity contribution is -0.117. The Labute approximate surface area is 200 Å². The predicted molar refractivity (Wildman–Crippen MR) is 135 cm³/mol. The van der Waals surface area contributed by atoms with Crippen molar-refractivity contribution in [1.82, 2.24) is 5.32 Å². The minimum atomic E-state index is -1.02. The number of nitrogens with two attached hydrogens (primary N) is 1. The van der Waals surface area contributed by atoms with Crippen LogP contribution < -0.4 is 16.0 Å². The summed E-state index contributed by atoms with van der Waals surface area (Å²) in [6.07, 6.45) is 0.941. The van der Waals surface area contributed by atoms with Gasteiger partial charge in [0.2, 0.25) is 5.91 Å². The molecule has 0 saturated heterocycles. The van der Waals surface area contributed by atoms with Crippen LogP contribution >= 0.6 is 0 Å². The molecule has 1 heterocycles. The highest BCUT2D eigenvalue weighted by atomic mass is 16.4.